The van der Waals surface area contributed by atoms with Crippen LogP contribution in [0, 0.1) is 5.41 Å². The van der Waals surface area contributed by atoms with E-state index in [1.807, 2.05) is 7.05 Å². The highest BCUT2D eigenvalue weighted by atomic mass is 35.5. The predicted molar refractivity (Wildman–Crippen MR) is 96.6 cm³/mol. The Kier molecular flexibility index (Phi) is 5.17. The largest absolute Gasteiger partial charge is 0.367 e. The normalized spacial score (nSPS) is 19.8. The van der Waals surface area contributed by atoms with Crippen LogP contribution in [-0.2, 0) is 0 Å². The Morgan fingerprint density at radius 1 is 1.35 bits per heavy atom. The van der Waals surface area contributed by atoms with Gasteiger partial charge in [-0.1, -0.05) is 29.6 Å². The second-order valence-corrected chi connectivity index (χ2v) is 7.25. The fourth-order valence-electron chi connectivity index (χ4n) is 3.43. The van der Waals surface area contributed by atoms with Crippen molar-refractivity contribution in [3.8, 4) is 0 Å². The number of pyridine rings is 1. The summed E-state index contributed by atoms with van der Waals surface area (Å²) in [5, 5.41) is 7.70. The molecule has 2 N–H and O–H groups in total. The molecule has 1 spiro atoms. The molecule has 2 aliphatic rings. The van der Waals surface area contributed by atoms with Crippen molar-refractivity contribution in [2.24, 2.45) is 10.4 Å². The van der Waals surface area contributed by atoms with Gasteiger partial charge in [-0.2, -0.15) is 0 Å². The van der Waals surface area contributed by atoms with Crippen molar-refractivity contribution in [2.75, 3.05) is 38.5 Å². The average molecular weight is 356 g/mol. The van der Waals surface area contributed by atoms with Gasteiger partial charge in [0.05, 0.1) is 10.0 Å². The maximum atomic E-state index is 6.09. The van der Waals surface area contributed by atoms with Gasteiger partial charge in [0.25, 0.3) is 0 Å². The Labute approximate surface area is 147 Å². The Morgan fingerprint density at radius 3 is 2.78 bits per heavy atom. The lowest BCUT2D eigenvalue weighted by Gasteiger charge is -2.38. The number of hydrogen-bond donors (Lipinski definition) is 2. The van der Waals surface area contributed by atoms with Gasteiger partial charge < -0.3 is 15.5 Å². The van der Waals surface area contributed by atoms with Crippen LogP contribution >= 0.6 is 23.2 Å². The highest BCUT2D eigenvalue weighted by Crippen LogP contribution is 2.47. The van der Waals surface area contributed by atoms with Gasteiger partial charge in [-0.15, -0.1) is 0 Å². The molecule has 0 unspecified atom stereocenters. The first-order valence-corrected chi connectivity index (χ1v) is 8.88. The first-order valence-electron chi connectivity index (χ1n) is 8.12. The minimum absolute atomic E-state index is 0.536. The van der Waals surface area contributed by atoms with E-state index >= 15 is 0 Å². The summed E-state index contributed by atoms with van der Waals surface area (Å²) in [7, 11) is 1.85. The lowest BCUT2D eigenvalue weighted by atomic mass is 9.68. The van der Waals surface area contributed by atoms with Gasteiger partial charge in [-0.25, -0.2) is 4.98 Å². The van der Waals surface area contributed by atoms with E-state index in [0.29, 0.717) is 27.8 Å². The molecule has 0 aromatic carbocycles. The SMILES string of the molecule is CN=C(NCCNc1ncc(Cl)cc1Cl)N1CCC2(CCC2)C1. The smallest absolute Gasteiger partial charge is 0.193 e. The average Bonchev–Trinajstić information content (AvgIpc) is 2.95. The molecule has 3 rings (SSSR count). The number of guanidine groups is 1. The molecular formula is C16H23Cl2N5. The second kappa shape index (κ2) is 7.14. The van der Waals surface area contributed by atoms with Crippen molar-refractivity contribution in [2.45, 2.75) is 25.7 Å². The zero-order valence-electron chi connectivity index (χ0n) is 13.4. The number of anilines is 1. The van der Waals surface area contributed by atoms with Crippen LogP contribution in [0.5, 0.6) is 0 Å². The summed E-state index contributed by atoms with van der Waals surface area (Å²) in [4.78, 5) is 11.0. The molecule has 0 atom stereocenters. The second-order valence-electron chi connectivity index (χ2n) is 6.41. The number of aliphatic imine (C=N–C) groups is 1. The molecule has 23 heavy (non-hydrogen) atoms. The van der Waals surface area contributed by atoms with Crippen LogP contribution in [0.15, 0.2) is 17.3 Å². The topological polar surface area (TPSA) is 52.6 Å². The highest BCUT2D eigenvalue weighted by molar-refractivity contribution is 6.35. The van der Waals surface area contributed by atoms with Gasteiger partial charge in [0.15, 0.2) is 5.96 Å². The monoisotopic (exact) mass is 355 g/mol. The molecule has 1 aliphatic heterocycles. The van der Waals surface area contributed by atoms with E-state index in [0.717, 1.165) is 25.6 Å². The summed E-state index contributed by atoms with van der Waals surface area (Å²) in [5.41, 5.74) is 0.580. The van der Waals surface area contributed by atoms with E-state index < -0.39 is 0 Å². The Morgan fingerprint density at radius 2 is 2.17 bits per heavy atom. The van der Waals surface area contributed by atoms with Crippen molar-refractivity contribution in [1.82, 2.24) is 15.2 Å². The maximum Gasteiger partial charge on any atom is 0.193 e. The fourth-order valence-corrected chi connectivity index (χ4v) is 3.88. The van der Waals surface area contributed by atoms with Crippen LogP contribution in [0.25, 0.3) is 0 Å². The third kappa shape index (κ3) is 3.83. The molecule has 0 amide bonds. The van der Waals surface area contributed by atoms with Gasteiger partial charge in [0, 0.05) is 39.4 Å². The van der Waals surface area contributed by atoms with Crippen LogP contribution in [0.4, 0.5) is 5.82 Å². The molecule has 7 heteroatoms. The quantitative estimate of drug-likeness (QED) is 0.494. The zero-order chi connectivity index (χ0) is 16.3. The number of likely N-dealkylation sites (tertiary alicyclic amines) is 1. The lowest BCUT2D eigenvalue weighted by Crippen LogP contribution is -2.43. The number of rotatable bonds is 4. The molecule has 1 aromatic heterocycles. The van der Waals surface area contributed by atoms with Crippen LogP contribution in [0.3, 0.4) is 0 Å². The third-order valence-corrected chi connectivity index (χ3v) is 5.37. The summed E-state index contributed by atoms with van der Waals surface area (Å²) in [6.45, 7) is 3.73. The van der Waals surface area contributed by atoms with E-state index in [4.69, 9.17) is 23.2 Å². The molecular weight excluding hydrogens is 333 g/mol. The number of nitrogens with zero attached hydrogens (tertiary/aromatic N) is 3. The third-order valence-electron chi connectivity index (χ3n) is 4.87. The van der Waals surface area contributed by atoms with Crippen LogP contribution in [-0.4, -0.2) is 49.1 Å². The lowest BCUT2D eigenvalue weighted by molar-refractivity contribution is 0.151. The van der Waals surface area contributed by atoms with Gasteiger partial charge in [-0.05, 0) is 30.7 Å². The summed E-state index contributed by atoms with van der Waals surface area (Å²) in [6, 6.07) is 1.69. The summed E-state index contributed by atoms with van der Waals surface area (Å²) < 4.78 is 0. The minimum Gasteiger partial charge on any atom is -0.367 e. The van der Waals surface area contributed by atoms with Gasteiger partial charge in [0.2, 0.25) is 0 Å². The van der Waals surface area contributed by atoms with Gasteiger partial charge in [0.1, 0.15) is 5.82 Å². The maximum absolute atomic E-state index is 6.09. The van der Waals surface area contributed by atoms with E-state index in [9.17, 15) is 0 Å². The summed E-state index contributed by atoms with van der Waals surface area (Å²) in [5.74, 6) is 1.65. The molecule has 126 valence electrons. The predicted octanol–water partition coefficient (Wildman–Crippen LogP) is 3.25. The van der Waals surface area contributed by atoms with Crippen molar-refractivity contribution in [3.63, 3.8) is 0 Å². The van der Waals surface area contributed by atoms with Gasteiger partial charge >= 0.3 is 0 Å². The standard InChI is InChI=1S/C16H23Cl2N5/c1-19-15(23-8-5-16(11-23)3-2-4-16)21-7-6-20-14-13(18)9-12(17)10-22-14/h9-10H,2-8,11H2,1H3,(H,19,21)(H,20,22). The summed E-state index contributed by atoms with van der Waals surface area (Å²) >= 11 is 11.9. The first kappa shape index (κ1) is 16.7. The van der Waals surface area contributed by atoms with E-state index in [1.165, 1.54) is 25.7 Å². The van der Waals surface area contributed by atoms with Crippen molar-refractivity contribution in [1.29, 1.82) is 0 Å². The molecule has 1 aliphatic carbocycles. The number of aromatic nitrogens is 1. The van der Waals surface area contributed by atoms with Crippen LogP contribution in [0.2, 0.25) is 10.0 Å². The molecule has 2 heterocycles. The van der Waals surface area contributed by atoms with Crippen molar-refractivity contribution >= 4 is 35.0 Å². The van der Waals surface area contributed by atoms with E-state index in [-0.39, 0.29) is 0 Å². The van der Waals surface area contributed by atoms with Crippen molar-refractivity contribution in [3.05, 3.63) is 22.3 Å². The number of nitrogens with one attached hydrogen (secondary N) is 2. The number of halogens is 2. The molecule has 1 saturated carbocycles. The Balaban J connectivity index is 1.44. The molecule has 0 bridgehead atoms. The van der Waals surface area contributed by atoms with Gasteiger partial charge in [-0.3, -0.25) is 4.99 Å². The fraction of sp³-hybridized carbons (Fsp3) is 0.625. The molecule has 1 aromatic rings. The van der Waals surface area contributed by atoms with E-state index in [1.54, 1.807) is 12.3 Å². The molecule has 5 nitrogen and oxygen atoms in total. The minimum atomic E-state index is 0.536. The highest BCUT2D eigenvalue weighted by Gasteiger charge is 2.43. The zero-order valence-corrected chi connectivity index (χ0v) is 14.9. The van der Waals surface area contributed by atoms with Crippen LogP contribution in [0.1, 0.15) is 25.7 Å². The molecule has 0 radical (unpaired) electrons. The Hall–Kier alpha value is -1.20. The number of hydrogen-bond acceptors (Lipinski definition) is 3. The Bertz CT molecular complexity index is 586. The summed E-state index contributed by atoms with van der Waals surface area (Å²) in [6.07, 6.45) is 7.03. The first-order chi connectivity index (χ1) is 11.1. The van der Waals surface area contributed by atoms with E-state index in [2.05, 4.69) is 25.5 Å². The molecule has 2 fully saturated rings. The molecule has 1 saturated heterocycles. The van der Waals surface area contributed by atoms with Crippen molar-refractivity contribution < 1.29 is 0 Å². The van der Waals surface area contributed by atoms with Crippen LogP contribution < -0.4 is 10.6 Å².